The minimum Gasteiger partial charge on any atom is -0.493 e. The summed E-state index contributed by atoms with van der Waals surface area (Å²) < 4.78 is 10.8. The Morgan fingerprint density at radius 2 is 1.81 bits per heavy atom. The van der Waals surface area contributed by atoms with Crippen molar-refractivity contribution in [2.45, 2.75) is 25.9 Å². The SMILES string of the molecule is COc1cc(NC=O)c(C2=NOC(c3ccc(C)cc3)C23CC3)cc1OC. The summed E-state index contributed by atoms with van der Waals surface area (Å²) in [5, 5.41) is 7.19. The third-order valence-corrected chi connectivity index (χ3v) is 5.38. The highest BCUT2D eigenvalue weighted by Crippen LogP contribution is 2.62. The van der Waals surface area contributed by atoms with Crippen molar-refractivity contribution in [2.24, 2.45) is 10.6 Å². The highest BCUT2D eigenvalue weighted by atomic mass is 16.6. The van der Waals surface area contributed by atoms with Crippen LogP contribution in [0.1, 0.15) is 35.6 Å². The number of oxime groups is 1. The highest BCUT2D eigenvalue weighted by molar-refractivity contribution is 6.12. The number of anilines is 1. The van der Waals surface area contributed by atoms with E-state index >= 15 is 0 Å². The van der Waals surface area contributed by atoms with Gasteiger partial charge in [0.1, 0.15) is 0 Å². The summed E-state index contributed by atoms with van der Waals surface area (Å²) in [6.07, 6.45) is 2.50. The van der Waals surface area contributed by atoms with Crippen LogP contribution in [0, 0.1) is 12.3 Å². The van der Waals surface area contributed by atoms with Gasteiger partial charge < -0.3 is 19.6 Å². The molecule has 0 radical (unpaired) electrons. The van der Waals surface area contributed by atoms with Crippen molar-refractivity contribution in [3.05, 3.63) is 53.1 Å². The normalized spacial score (nSPS) is 19.2. The molecule has 1 N–H and O–H groups in total. The quantitative estimate of drug-likeness (QED) is 0.789. The second-order valence-corrected chi connectivity index (χ2v) is 7.01. The molecule has 27 heavy (non-hydrogen) atoms. The lowest BCUT2D eigenvalue weighted by atomic mass is 9.85. The number of nitrogens with zero attached hydrogens (tertiary/aromatic N) is 1. The van der Waals surface area contributed by atoms with Gasteiger partial charge >= 0.3 is 0 Å². The van der Waals surface area contributed by atoms with Gasteiger partial charge in [-0.3, -0.25) is 4.79 Å². The Hall–Kier alpha value is -3.02. The first-order valence-electron chi connectivity index (χ1n) is 8.90. The van der Waals surface area contributed by atoms with E-state index in [4.69, 9.17) is 14.3 Å². The maximum Gasteiger partial charge on any atom is 0.211 e. The van der Waals surface area contributed by atoms with Crippen molar-refractivity contribution in [3.63, 3.8) is 0 Å². The van der Waals surface area contributed by atoms with Crippen molar-refractivity contribution < 1.29 is 19.1 Å². The van der Waals surface area contributed by atoms with Crippen LogP contribution in [0.15, 0.2) is 41.6 Å². The molecule has 2 aromatic rings. The van der Waals surface area contributed by atoms with E-state index in [0.717, 1.165) is 29.7 Å². The second-order valence-electron chi connectivity index (χ2n) is 7.01. The van der Waals surface area contributed by atoms with E-state index in [1.165, 1.54) is 5.56 Å². The number of methoxy groups -OCH3 is 2. The number of amides is 1. The van der Waals surface area contributed by atoms with Gasteiger partial charge in [0.05, 0.1) is 31.0 Å². The molecule has 1 fully saturated rings. The molecule has 6 nitrogen and oxygen atoms in total. The van der Waals surface area contributed by atoms with Crippen molar-refractivity contribution in [1.29, 1.82) is 0 Å². The number of carbonyl (C=O) groups is 1. The third kappa shape index (κ3) is 2.81. The van der Waals surface area contributed by atoms with Crippen LogP contribution < -0.4 is 14.8 Å². The molecule has 2 aliphatic rings. The summed E-state index contributed by atoms with van der Waals surface area (Å²) in [5.74, 6) is 1.13. The van der Waals surface area contributed by atoms with E-state index in [1.54, 1.807) is 20.3 Å². The third-order valence-electron chi connectivity index (χ3n) is 5.38. The molecule has 1 aliphatic heterocycles. The summed E-state index contributed by atoms with van der Waals surface area (Å²) in [7, 11) is 3.15. The molecule has 6 heteroatoms. The standard InChI is InChI=1S/C21H22N2O4/c1-13-4-6-14(7-5-13)20-21(8-9-21)19(23-27-20)15-10-17(25-2)18(26-3)11-16(15)22-12-24/h4-7,10-12,20H,8-9H2,1-3H3,(H,22,24). The molecule has 0 bridgehead atoms. The van der Waals surface area contributed by atoms with Crippen LogP contribution in [0.3, 0.4) is 0 Å². The fraction of sp³-hybridized carbons (Fsp3) is 0.333. The molecule has 1 amide bonds. The van der Waals surface area contributed by atoms with Gasteiger partial charge in [-0.15, -0.1) is 0 Å². The number of benzene rings is 2. The van der Waals surface area contributed by atoms with Gasteiger partial charge in [-0.05, 0) is 31.4 Å². The van der Waals surface area contributed by atoms with Gasteiger partial charge in [0, 0.05) is 11.6 Å². The molecule has 140 valence electrons. The summed E-state index contributed by atoms with van der Waals surface area (Å²) >= 11 is 0. The van der Waals surface area contributed by atoms with Gasteiger partial charge in [0.25, 0.3) is 0 Å². The molecule has 0 aromatic heterocycles. The summed E-state index contributed by atoms with van der Waals surface area (Å²) in [4.78, 5) is 17.0. The van der Waals surface area contributed by atoms with Gasteiger partial charge in [-0.25, -0.2) is 0 Å². The first-order valence-corrected chi connectivity index (χ1v) is 8.90. The van der Waals surface area contributed by atoms with E-state index in [9.17, 15) is 4.79 Å². The maximum atomic E-state index is 11.1. The number of ether oxygens (including phenoxy) is 2. The second kappa shape index (κ2) is 6.61. The lowest BCUT2D eigenvalue weighted by molar-refractivity contribution is -0.105. The number of hydrogen-bond donors (Lipinski definition) is 1. The molecule has 1 aliphatic carbocycles. The summed E-state index contributed by atoms with van der Waals surface area (Å²) in [5.41, 5.74) is 4.42. The minimum absolute atomic E-state index is 0.120. The molecule has 2 aromatic carbocycles. The monoisotopic (exact) mass is 366 g/mol. The maximum absolute atomic E-state index is 11.1. The summed E-state index contributed by atoms with van der Waals surface area (Å²) in [6, 6.07) is 12.0. The Labute approximate surface area is 158 Å². The first-order chi connectivity index (χ1) is 13.1. The van der Waals surface area contributed by atoms with E-state index < -0.39 is 0 Å². The van der Waals surface area contributed by atoms with Crippen LogP contribution in [-0.4, -0.2) is 26.3 Å². The smallest absolute Gasteiger partial charge is 0.211 e. The van der Waals surface area contributed by atoms with Gasteiger partial charge in [0.15, 0.2) is 17.6 Å². The Balaban J connectivity index is 1.75. The predicted octanol–water partition coefficient (Wildman–Crippen LogP) is 3.84. The van der Waals surface area contributed by atoms with Crippen LogP contribution in [-0.2, 0) is 9.63 Å². The predicted molar refractivity (Wildman–Crippen MR) is 102 cm³/mol. The zero-order chi connectivity index (χ0) is 19.0. The molecule has 0 saturated heterocycles. The number of rotatable bonds is 6. The van der Waals surface area contributed by atoms with Crippen molar-refractivity contribution >= 4 is 17.8 Å². The van der Waals surface area contributed by atoms with Crippen molar-refractivity contribution in [1.82, 2.24) is 0 Å². The average Bonchev–Trinajstić information content (AvgIpc) is 3.38. The average molecular weight is 366 g/mol. The van der Waals surface area contributed by atoms with Crippen molar-refractivity contribution in [3.8, 4) is 11.5 Å². The van der Waals surface area contributed by atoms with Crippen molar-refractivity contribution in [2.75, 3.05) is 19.5 Å². The molecule has 1 saturated carbocycles. The van der Waals surface area contributed by atoms with Crippen LogP contribution in [0.25, 0.3) is 0 Å². The number of aryl methyl sites for hydroxylation is 1. The lowest BCUT2D eigenvalue weighted by Crippen LogP contribution is -2.21. The van der Waals surface area contributed by atoms with Crippen LogP contribution in [0.4, 0.5) is 5.69 Å². The molecule has 4 rings (SSSR count). The first kappa shape index (κ1) is 17.4. The zero-order valence-electron chi connectivity index (χ0n) is 15.6. The topological polar surface area (TPSA) is 69.2 Å². The molecule has 1 spiro atoms. The largest absolute Gasteiger partial charge is 0.493 e. The molecule has 1 atom stereocenters. The van der Waals surface area contributed by atoms with E-state index in [2.05, 4.69) is 41.7 Å². The van der Waals surface area contributed by atoms with Gasteiger partial charge in [-0.1, -0.05) is 35.0 Å². The number of hydrogen-bond acceptors (Lipinski definition) is 5. The molecular weight excluding hydrogens is 344 g/mol. The van der Waals surface area contributed by atoms with E-state index in [1.807, 2.05) is 6.07 Å². The fourth-order valence-corrected chi connectivity index (χ4v) is 3.75. The highest BCUT2D eigenvalue weighted by Gasteiger charge is 2.60. The van der Waals surface area contributed by atoms with Gasteiger partial charge in [-0.2, -0.15) is 0 Å². The van der Waals surface area contributed by atoms with E-state index in [0.29, 0.717) is 23.6 Å². The van der Waals surface area contributed by atoms with Crippen LogP contribution >= 0.6 is 0 Å². The fourth-order valence-electron chi connectivity index (χ4n) is 3.75. The zero-order valence-corrected chi connectivity index (χ0v) is 15.6. The minimum atomic E-state index is -0.172. The Bertz CT molecular complexity index is 901. The molecule has 1 unspecified atom stereocenters. The van der Waals surface area contributed by atoms with Gasteiger partial charge in [0.2, 0.25) is 6.41 Å². The Kier molecular flexibility index (Phi) is 4.26. The Morgan fingerprint density at radius 3 is 2.41 bits per heavy atom. The molecule has 1 heterocycles. The Morgan fingerprint density at radius 1 is 1.15 bits per heavy atom. The van der Waals surface area contributed by atoms with Crippen LogP contribution in [0.5, 0.6) is 11.5 Å². The van der Waals surface area contributed by atoms with Crippen LogP contribution in [0.2, 0.25) is 0 Å². The summed E-state index contributed by atoms with van der Waals surface area (Å²) in [6.45, 7) is 2.06. The molecular formula is C21H22N2O4. The lowest BCUT2D eigenvalue weighted by Gasteiger charge is -2.20. The number of carbonyl (C=O) groups excluding carboxylic acids is 1. The number of nitrogens with one attached hydrogen (secondary N) is 1. The van der Waals surface area contributed by atoms with E-state index in [-0.39, 0.29) is 11.5 Å².